The number of hydrogen-bond donors (Lipinski definition) is 1. The normalized spacial score (nSPS) is 13.3. The lowest BCUT2D eigenvalue weighted by molar-refractivity contribution is -0.123. The Hall–Kier alpha value is -2.89. The lowest BCUT2D eigenvalue weighted by Gasteiger charge is -2.29. The van der Waals surface area contributed by atoms with Crippen LogP contribution in [0.5, 0.6) is 5.75 Å². The number of nitrogens with one attached hydrogen (secondary N) is 1. The maximum atomic E-state index is 12.2. The number of hydrogen-bond acceptors (Lipinski definition) is 4. The summed E-state index contributed by atoms with van der Waals surface area (Å²) >= 11 is 0. The number of fused-ring (bicyclic) bond motifs is 1. The average Bonchev–Trinajstić information content (AvgIpc) is 2.50. The van der Waals surface area contributed by atoms with Crippen molar-refractivity contribution in [3.05, 3.63) is 47.7 Å². The third-order valence-corrected chi connectivity index (χ3v) is 3.54. The minimum Gasteiger partial charge on any atom is -0.482 e. The van der Waals surface area contributed by atoms with Crippen molar-refractivity contribution in [2.75, 3.05) is 23.4 Å². The van der Waals surface area contributed by atoms with Crippen LogP contribution in [0.3, 0.4) is 0 Å². The van der Waals surface area contributed by atoms with Crippen LogP contribution in [0.15, 0.2) is 36.5 Å². The van der Waals surface area contributed by atoms with Gasteiger partial charge in [-0.15, -0.1) is 0 Å². The van der Waals surface area contributed by atoms with Gasteiger partial charge in [-0.3, -0.25) is 14.5 Å². The van der Waals surface area contributed by atoms with Crippen LogP contribution in [-0.2, 0) is 9.59 Å². The zero-order valence-electron chi connectivity index (χ0n) is 13.0. The molecule has 0 radical (unpaired) electrons. The molecule has 1 N–H and O–H groups in total. The Kier molecular flexibility index (Phi) is 3.97. The Morgan fingerprint density at radius 3 is 2.83 bits per heavy atom. The summed E-state index contributed by atoms with van der Waals surface area (Å²) < 4.78 is 5.40. The number of carbonyl (C=O) groups is 2. The van der Waals surface area contributed by atoms with E-state index in [1.165, 1.54) is 4.90 Å². The number of amides is 2. The minimum atomic E-state index is -0.300. The van der Waals surface area contributed by atoms with E-state index in [-0.39, 0.29) is 25.0 Å². The smallest absolute Gasteiger partial charge is 0.265 e. The Balaban J connectivity index is 1.78. The third-order valence-electron chi connectivity index (χ3n) is 3.54. The fraction of sp³-hybridized carbons (Fsp3) is 0.235. The number of aromatic nitrogens is 1. The van der Waals surface area contributed by atoms with Crippen LogP contribution in [0.4, 0.5) is 11.5 Å². The van der Waals surface area contributed by atoms with Gasteiger partial charge in [-0.1, -0.05) is 6.07 Å². The minimum absolute atomic E-state index is 0.0635. The molecule has 0 fully saturated rings. The highest BCUT2D eigenvalue weighted by atomic mass is 16.5. The van der Waals surface area contributed by atoms with Crippen LogP contribution in [0.25, 0.3) is 0 Å². The molecule has 0 unspecified atom stereocenters. The zero-order chi connectivity index (χ0) is 16.4. The van der Waals surface area contributed by atoms with E-state index in [9.17, 15) is 9.59 Å². The molecule has 1 aromatic heterocycles. The monoisotopic (exact) mass is 311 g/mol. The molecule has 0 bridgehead atoms. The molecule has 118 valence electrons. The van der Waals surface area contributed by atoms with Crippen molar-refractivity contribution in [2.24, 2.45) is 0 Å². The number of carbonyl (C=O) groups excluding carboxylic acids is 2. The molecule has 0 saturated carbocycles. The van der Waals surface area contributed by atoms with Gasteiger partial charge in [0.15, 0.2) is 6.61 Å². The van der Waals surface area contributed by atoms with Gasteiger partial charge in [-0.05, 0) is 49.2 Å². The van der Waals surface area contributed by atoms with Crippen molar-refractivity contribution < 1.29 is 14.3 Å². The molecular weight excluding hydrogens is 294 g/mol. The van der Waals surface area contributed by atoms with Crippen LogP contribution in [0, 0.1) is 13.8 Å². The third kappa shape index (κ3) is 3.31. The first-order valence-electron chi connectivity index (χ1n) is 7.29. The number of ether oxygens (including phenoxy) is 1. The molecule has 2 aromatic rings. The molecule has 3 rings (SSSR count). The summed E-state index contributed by atoms with van der Waals surface area (Å²) in [6.07, 6.45) is 1.63. The molecule has 0 aliphatic carbocycles. The SMILES string of the molecule is Cc1ccnc(NC(=O)CN2C(=O)COc3ccc(C)cc32)c1. The highest BCUT2D eigenvalue weighted by molar-refractivity contribution is 6.04. The molecule has 23 heavy (non-hydrogen) atoms. The Bertz CT molecular complexity index is 773. The Labute approximate surface area is 134 Å². The van der Waals surface area contributed by atoms with E-state index in [1.54, 1.807) is 12.3 Å². The predicted molar refractivity (Wildman–Crippen MR) is 86.6 cm³/mol. The van der Waals surface area contributed by atoms with Crippen LogP contribution < -0.4 is 15.0 Å². The molecule has 0 spiro atoms. The van der Waals surface area contributed by atoms with Crippen molar-refractivity contribution in [2.45, 2.75) is 13.8 Å². The van der Waals surface area contributed by atoms with Crippen molar-refractivity contribution in [1.82, 2.24) is 4.98 Å². The summed E-state index contributed by atoms with van der Waals surface area (Å²) in [5.41, 5.74) is 2.61. The number of anilines is 2. The molecule has 0 atom stereocenters. The van der Waals surface area contributed by atoms with Gasteiger partial charge in [0, 0.05) is 6.20 Å². The zero-order valence-corrected chi connectivity index (χ0v) is 13.0. The largest absolute Gasteiger partial charge is 0.482 e. The van der Waals surface area contributed by atoms with Crippen molar-refractivity contribution in [3.63, 3.8) is 0 Å². The molecular formula is C17H17N3O3. The van der Waals surface area contributed by atoms with E-state index in [2.05, 4.69) is 10.3 Å². The molecule has 6 nitrogen and oxygen atoms in total. The van der Waals surface area contributed by atoms with Crippen molar-refractivity contribution in [3.8, 4) is 5.75 Å². The Morgan fingerprint density at radius 1 is 1.26 bits per heavy atom. The van der Waals surface area contributed by atoms with Gasteiger partial charge in [-0.2, -0.15) is 0 Å². The number of rotatable bonds is 3. The van der Waals surface area contributed by atoms with Gasteiger partial charge < -0.3 is 10.1 Å². The standard InChI is InChI=1S/C17H17N3O3/c1-11-3-4-14-13(7-11)20(17(22)10-23-14)9-16(21)19-15-8-12(2)5-6-18-15/h3-8H,9-10H2,1-2H3,(H,18,19,21). The van der Waals surface area contributed by atoms with E-state index < -0.39 is 0 Å². The summed E-state index contributed by atoms with van der Waals surface area (Å²) in [5, 5.41) is 2.71. The first-order valence-corrected chi connectivity index (χ1v) is 7.29. The fourth-order valence-electron chi connectivity index (χ4n) is 2.42. The van der Waals surface area contributed by atoms with Gasteiger partial charge in [0.1, 0.15) is 18.1 Å². The van der Waals surface area contributed by atoms with Crippen molar-refractivity contribution >= 4 is 23.3 Å². The number of aryl methyl sites for hydroxylation is 2. The van der Waals surface area contributed by atoms with Gasteiger partial charge in [0.25, 0.3) is 5.91 Å². The second-order valence-corrected chi connectivity index (χ2v) is 5.51. The van der Waals surface area contributed by atoms with Crippen molar-refractivity contribution in [1.29, 1.82) is 0 Å². The van der Waals surface area contributed by atoms with E-state index in [4.69, 9.17) is 4.74 Å². The van der Waals surface area contributed by atoms with Crippen LogP contribution in [0.2, 0.25) is 0 Å². The topological polar surface area (TPSA) is 71.5 Å². The van der Waals surface area contributed by atoms with Gasteiger partial charge in [0.05, 0.1) is 5.69 Å². The second kappa shape index (κ2) is 6.08. The summed E-state index contributed by atoms with van der Waals surface area (Å²) in [4.78, 5) is 29.9. The van der Waals surface area contributed by atoms with Gasteiger partial charge in [-0.25, -0.2) is 4.98 Å². The van der Waals surface area contributed by atoms with E-state index >= 15 is 0 Å². The molecule has 1 aliphatic rings. The van der Waals surface area contributed by atoms with Crippen LogP contribution in [-0.4, -0.2) is 29.9 Å². The van der Waals surface area contributed by atoms with E-state index in [1.807, 2.05) is 38.1 Å². The summed E-state index contributed by atoms with van der Waals surface area (Å²) in [6, 6.07) is 9.18. The van der Waals surface area contributed by atoms with Gasteiger partial charge >= 0.3 is 0 Å². The van der Waals surface area contributed by atoms with Crippen LogP contribution >= 0.6 is 0 Å². The lowest BCUT2D eigenvalue weighted by Crippen LogP contribution is -2.43. The van der Waals surface area contributed by atoms with Crippen LogP contribution in [0.1, 0.15) is 11.1 Å². The molecule has 1 aliphatic heterocycles. The number of nitrogens with zero attached hydrogens (tertiary/aromatic N) is 2. The molecule has 2 heterocycles. The molecule has 6 heteroatoms. The summed E-state index contributed by atoms with van der Waals surface area (Å²) in [7, 11) is 0. The number of benzene rings is 1. The summed E-state index contributed by atoms with van der Waals surface area (Å²) in [5.74, 6) is 0.540. The van der Waals surface area contributed by atoms with E-state index in [0.717, 1.165) is 11.1 Å². The quantitative estimate of drug-likeness (QED) is 0.942. The predicted octanol–water partition coefficient (Wildman–Crippen LogP) is 2.06. The number of pyridine rings is 1. The maximum absolute atomic E-state index is 12.2. The van der Waals surface area contributed by atoms with Gasteiger partial charge in [0.2, 0.25) is 5.91 Å². The highest BCUT2D eigenvalue weighted by Gasteiger charge is 2.27. The summed E-state index contributed by atoms with van der Waals surface area (Å²) in [6.45, 7) is 3.70. The Morgan fingerprint density at radius 2 is 2.04 bits per heavy atom. The maximum Gasteiger partial charge on any atom is 0.265 e. The fourth-order valence-corrected chi connectivity index (χ4v) is 2.42. The van der Waals surface area contributed by atoms with E-state index in [0.29, 0.717) is 17.3 Å². The highest BCUT2D eigenvalue weighted by Crippen LogP contribution is 2.32. The molecule has 1 aromatic carbocycles. The lowest BCUT2D eigenvalue weighted by atomic mass is 10.1. The average molecular weight is 311 g/mol. The molecule has 2 amide bonds. The second-order valence-electron chi connectivity index (χ2n) is 5.51. The first-order chi connectivity index (χ1) is 11.0. The molecule has 0 saturated heterocycles. The first kappa shape index (κ1) is 15.0.